The van der Waals surface area contributed by atoms with Crippen LogP contribution in [0, 0.1) is 5.92 Å². The smallest absolute Gasteiger partial charge is 0.308 e. The van der Waals surface area contributed by atoms with Crippen molar-refractivity contribution >= 4 is 23.7 Å². The Morgan fingerprint density at radius 1 is 1.14 bits per heavy atom. The first-order valence-electron chi connectivity index (χ1n) is 6.95. The fourth-order valence-electron chi connectivity index (χ4n) is 2.81. The highest BCUT2D eigenvalue weighted by atomic mass is 16.4. The summed E-state index contributed by atoms with van der Waals surface area (Å²) in [5, 5.41) is 8.94. The minimum Gasteiger partial charge on any atom is -0.481 e. The van der Waals surface area contributed by atoms with Gasteiger partial charge in [-0.05, 0) is 18.6 Å². The molecule has 0 spiro atoms. The van der Waals surface area contributed by atoms with Gasteiger partial charge in [0.25, 0.3) is 11.8 Å². The first-order valence-corrected chi connectivity index (χ1v) is 6.95. The van der Waals surface area contributed by atoms with Crippen LogP contribution < -0.4 is 0 Å². The molecule has 1 N–H and O–H groups in total. The molecule has 0 bridgehead atoms. The van der Waals surface area contributed by atoms with Crippen LogP contribution in [0.5, 0.6) is 0 Å². The van der Waals surface area contributed by atoms with Crippen LogP contribution in [0.3, 0.4) is 0 Å². The van der Waals surface area contributed by atoms with Crippen LogP contribution in [0.2, 0.25) is 0 Å². The van der Waals surface area contributed by atoms with E-state index in [2.05, 4.69) is 0 Å². The molecule has 7 nitrogen and oxygen atoms in total. The topological polar surface area (TPSA) is 95.0 Å². The van der Waals surface area contributed by atoms with E-state index in [1.807, 2.05) is 0 Å². The Kier molecular flexibility index (Phi) is 3.40. The van der Waals surface area contributed by atoms with Crippen LogP contribution in [-0.4, -0.2) is 58.2 Å². The number of nitrogens with zero attached hydrogens (tertiary/aromatic N) is 2. The van der Waals surface area contributed by atoms with Crippen molar-refractivity contribution in [2.45, 2.75) is 6.42 Å². The van der Waals surface area contributed by atoms with Gasteiger partial charge in [-0.1, -0.05) is 12.1 Å². The van der Waals surface area contributed by atoms with Crippen molar-refractivity contribution in [3.8, 4) is 0 Å². The predicted molar refractivity (Wildman–Crippen MR) is 74.1 cm³/mol. The van der Waals surface area contributed by atoms with Gasteiger partial charge in [-0.15, -0.1) is 0 Å². The van der Waals surface area contributed by atoms with Gasteiger partial charge in [-0.3, -0.25) is 24.1 Å². The molecule has 3 amide bonds. The van der Waals surface area contributed by atoms with E-state index in [0.29, 0.717) is 24.1 Å². The molecule has 1 atom stereocenters. The molecule has 7 heteroatoms. The number of carbonyl (C=O) groups excluding carboxylic acids is 3. The van der Waals surface area contributed by atoms with Gasteiger partial charge in [0, 0.05) is 13.1 Å². The van der Waals surface area contributed by atoms with Crippen LogP contribution in [0.15, 0.2) is 24.3 Å². The number of carboxylic acids is 1. The number of amides is 3. The quantitative estimate of drug-likeness (QED) is 0.806. The van der Waals surface area contributed by atoms with Crippen LogP contribution in [-0.2, 0) is 9.59 Å². The molecule has 0 saturated carbocycles. The van der Waals surface area contributed by atoms with E-state index < -0.39 is 29.6 Å². The number of benzene rings is 1. The molecule has 1 aromatic rings. The number of imide groups is 1. The zero-order valence-electron chi connectivity index (χ0n) is 11.7. The number of fused-ring (bicyclic) bond motifs is 1. The highest BCUT2D eigenvalue weighted by Crippen LogP contribution is 2.23. The fourth-order valence-corrected chi connectivity index (χ4v) is 2.81. The van der Waals surface area contributed by atoms with E-state index in [1.54, 1.807) is 24.3 Å². The van der Waals surface area contributed by atoms with Crippen molar-refractivity contribution in [3.05, 3.63) is 35.4 Å². The van der Waals surface area contributed by atoms with Gasteiger partial charge >= 0.3 is 5.97 Å². The van der Waals surface area contributed by atoms with Crippen LogP contribution in [0.4, 0.5) is 0 Å². The van der Waals surface area contributed by atoms with Gasteiger partial charge in [0.05, 0.1) is 17.0 Å². The third-order valence-corrected chi connectivity index (χ3v) is 4.06. The molecule has 1 fully saturated rings. The zero-order valence-corrected chi connectivity index (χ0v) is 11.7. The molecule has 3 rings (SSSR count). The zero-order chi connectivity index (χ0) is 15.9. The molecule has 2 aliphatic heterocycles. The summed E-state index contributed by atoms with van der Waals surface area (Å²) in [4.78, 5) is 49.8. The largest absolute Gasteiger partial charge is 0.481 e. The Balaban J connectivity index is 1.70. The SMILES string of the molecule is O=C(O)C1CCN(C(=O)CN2C(=O)c3ccccc3C2=O)C1. The lowest BCUT2D eigenvalue weighted by Crippen LogP contribution is -2.42. The highest BCUT2D eigenvalue weighted by molar-refractivity contribution is 6.22. The molecule has 2 aliphatic rings. The number of hydrogen-bond donors (Lipinski definition) is 1. The monoisotopic (exact) mass is 302 g/mol. The van der Waals surface area contributed by atoms with Crippen molar-refractivity contribution < 1.29 is 24.3 Å². The van der Waals surface area contributed by atoms with E-state index in [4.69, 9.17) is 5.11 Å². The Labute approximate surface area is 126 Å². The normalized spacial score (nSPS) is 20.5. The van der Waals surface area contributed by atoms with Crippen molar-refractivity contribution in [2.75, 3.05) is 19.6 Å². The molecule has 0 radical (unpaired) electrons. The van der Waals surface area contributed by atoms with Crippen LogP contribution in [0.1, 0.15) is 27.1 Å². The minimum absolute atomic E-state index is 0.122. The molecular formula is C15H14N2O5. The number of likely N-dealkylation sites (tertiary alicyclic amines) is 1. The average Bonchev–Trinajstić information content (AvgIpc) is 3.08. The Morgan fingerprint density at radius 2 is 1.73 bits per heavy atom. The summed E-state index contributed by atoms with van der Waals surface area (Å²) in [5.41, 5.74) is 0.593. The average molecular weight is 302 g/mol. The Bertz CT molecular complexity index is 649. The third-order valence-electron chi connectivity index (χ3n) is 4.06. The lowest BCUT2D eigenvalue weighted by atomic mass is 10.1. The van der Waals surface area contributed by atoms with E-state index in [-0.39, 0.29) is 13.1 Å². The molecule has 1 aromatic carbocycles. The maximum atomic E-state index is 12.2. The maximum absolute atomic E-state index is 12.2. The van der Waals surface area contributed by atoms with Crippen molar-refractivity contribution in [3.63, 3.8) is 0 Å². The Hall–Kier alpha value is -2.70. The molecule has 2 heterocycles. The standard InChI is InChI=1S/C15H14N2O5/c18-12(16-6-5-9(7-16)15(21)22)8-17-13(19)10-3-1-2-4-11(10)14(17)20/h1-4,9H,5-8H2,(H,21,22). The fraction of sp³-hybridized carbons (Fsp3) is 0.333. The second-order valence-electron chi connectivity index (χ2n) is 5.41. The lowest BCUT2D eigenvalue weighted by Gasteiger charge is -2.19. The molecule has 22 heavy (non-hydrogen) atoms. The summed E-state index contributed by atoms with van der Waals surface area (Å²) in [6.07, 6.45) is 0.392. The van der Waals surface area contributed by atoms with Crippen molar-refractivity contribution in [1.82, 2.24) is 9.80 Å². The molecule has 0 aliphatic carbocycles. The first-order chi connectivity index (χ1) is 10.5. The molecular weight excluding hydrogens is 288 g/mol. The second-order valence-corrected chi connectivity index (χ2v) is 5.41. The third kappa shape index (κ3) is 2.24. The first kappa shape index (κ1) is 14.2. The van der Waals surface area contributed by atoms with Crippen LogP contribution in [0.25, 0.3) is 0 Å². The number of hydrogen-bond acceptors (Lipinski definition) is 4. The van der Waals surface area contributed by atoms with Gasteiger partial charge in [0.15, 0.2) is 0 Å². The summed E-state index contributed by atoms with van der Waals surface area (Å²) in [7, 11) is 0. The van der Waals surface area contributed by atoms with E-state index in [1.165, 1.54) is 4.90 Å². The summed E-state index contributed by atoms with van der Waals surface area (Å²) in [5.74, 6) is -2.88. The van der Waals surface area contributed by atoms with Crippen LogP contribution >= 0.6 is 0 Å². The molecule has 0 aromatic heterocycles. The highest BCUT2D eigenvalue weighted by Gasteiger charge is 2.38. The summed E-state index contributed by atoms with van der Waals surface area (Å²) >= 11 is 0. The molecule has 1 unspecified atom stereocenters. The van der Waals surface area contributed by atoms with Gasteiger partial charge in [-0.25, -0.2) is 0 Å². The number of carbonyl (C=O) groups is 4. The van der Waals surface area contributed by atoms with Gasteiger partial charge in [-0.2, -0.15) is 0 Å². The Morgan fingerprint density at radius 3 is 2.23 bits per heavy atom. The van der Waals surface area contributed by atoms with Gasteiger partial charge < -0.3 is 10.0 Å². The van der Waals surface area contributed by atoms with Gasteiger partial charge in [0.2, 0.25) is 5.91 Å². The molecule has 1 saturated heterocycles. The van der Waals surface area contributed by atoms with E-state index >= 15 is 0 Å². The minimum atomic E-state index is -0.934. The van der Waals surface area contributed by atoms with E-state index in [0.717, 1.165) is 4.90 Å². The summed E-state index contributed by atoms with van der Waals surface area (Å²) in [6, 6.07) is 6.42. The van der Waals surface area contributed by atoms with E-state index in [9.17, 15) is 19.2 Å². The summed E-state index contributed by atoms with van der Waals surface area (Å²) < 4.78 is 0. The lowest BCUT2D eigenvalue weighted by molar-refractivity contribution is -0.141. The number of aliphatic carboxylic acids is 1. The van der Waals surface area contributed by atoms with Crippen molar-refractivity contribution in [1.29, 1.82) is 0 Å². The predicted octanol–water partition coefficient (Wildman–Crippen LogP) is 0.216. The maximum Gasteiger partial charge on any atom is 0.308 e. The van der Waals surface area contributed by atoms with Crippen molar-refractivity contribution in [2.24, 2.45) is 5.92 Å². The summed E-state index contributed by atoms with van der Waals surface area (Å²) in [6.45, 7) is 0.106. The second kappa shape index (κ2) is 5.25. The number of carboxylic acid groups (broad SMARTS) is 1. The van der Waals surface area contributed by atoms with Gasteiger partial charge in [0.1, 0.15) is 6.54 Å². The number of rotatable bonds is 3. The molecule has 114 valence electrons.